The monoisotopic (exact) mass is 559 g/mol. The molecule has 9 nitrogen and oxygen atoms in total. The Morgan fingerprint density at radius 3 is 1.89 bits per heavy atom. The summed E-state index contributed by atoms with van der Waals surface area (Å²) in [6, 6.07) is 10.6. The molecular formula is C27H23Cl2NO8. The molecule has 11 heteroatoms. The molecule has 1 unspecified atom stereocenters. The van der Waals surface area contributed by atoms with E-state index < -0.39 is 23.5 Å². The molecule has 0 aromatic heterocycles. The van der Waals surface area contributed by atoms with Gasteiger partial charge >= 0.3 is 0 Å². The fraction of sp³-hybridized carbons (Fsp3) is 0.185. The normalized spacial score (nSPS) is 16.5. The van der Waals surface area contributed by atoms with Crippen LogP contribution in [0.1, 0.15) is 17.2 Å². The van der Waals surface area contributed by atoms with E-state index in [1.807, 2.05) is 0 Å². The number of ketones is 1. The molecule has 0 bridgehead atoms. The summed E-state index contributed by atoms with van der Waals surface area (Å²) in [5, 5.41) is 22.2. The predicted molar refractivity (Wildman–Crippen MR) is 142 cm³/mol. The second kappa shape index (κ2) is 10.7. The molecule has 0 spiro atoms. The number of aliphatic hydroxyl groups excluding tert-OH is 1. The van der Waals surface area contributed by atoms with Crippen LogP contribution in [-0.4, -0.2) is 50.3 Å². The fourth-order valence-electron chi connectivity index (χ4n) is 4.37. The zero-order valence-corrected chi connectivity index (χ0v) is 22.3. The highest BCUT2D eigenvalue weighted by molar-refractivity contribution is 6.52. The maximum Gasteiger partial charge on any atom is 0.300 e. The molecule has 1 aliphatic heterocycles. The first kappa shape index (κ1) is 27.0. The summed E-state index contributed by atoms with van der Waals surface area (Å²) in [6.07, 6.45) is 0. The van der Waals surface area contributed by atoms with Gasteiger partial charge in [-0.3, -0.25) is 14.5 Å². The number of rotatable bonds is 7. The van der Waals surface area contributed by atoms with E-state index in [-0.39, 0.29) is 55.6 Å². The van der Waals surface area contributed by atoms with Crippen LogP contribution in [0.4, 0.5) is 5.69 Å². The van der Waals surface area contributed by atoms with Gasteiger partial charge in [-0.05, 0) is 42.0 Å². The molecule has 198 valence electrons. The number of ether oxygens (including phenoxy) is 4. The first-order chi connectivity index (χ1) is 18.2. The van der Waals surface area contributed by atoms with Crippen LogP contribution >= 0.6 is 23.2 Å². The number of halogens is 2. The molecule has 0 radical (unpaired) electrons. The third kappa shape index (κ3) is 4.44. The molecular weight excluding hydrogens is 537 g/mol. The number of para-hydroxylation sites is 2. The smallest absolute Gasteiger partial charge is 0.300 e. The minimum atomic E-state index is -1.21. The Morgan fingerprint density at radius 2 is 1.39 bits per heavy atom. The molecule has 3 aromatic carbocycles. The number of aromatic hydroxyl groups is 1. The standard InChI is InChI=1S/C27H23Cl2NO8/c1-35-19-11-13(12-20(36-2)26(19)38-4)22-21(23(32)14-9-15(28)25(37-3)16(29)10-14)24(33)27(34)30(22)17-7-5-6-8-18(17)31/h5-12,22,31-32H,1-4H3/b23-21+. The van der Waals surface area contributed by atoms with Gasteiger partial charge in [0.25, 0.3) is 11.7 Å². The van der Waals surface area contributed by atoms with E-state index in [2.05, 4.69) is 0 Å². The highest BCUT2D eigenvalue weighted by atomic mass is 35.5. The van der Waals surface area contributed by atoms with Gasteiger partial charge in [0.2, 0.25) is 5.75 Å². The van der Waals surface area contributed by atoms with Crippen molar-refractivity contribution in [2.24, 2.45) is 0 Å². The zero-order valence-electron chi connectivity index (χ0n) is 20.7. The average Bonchev–Trinajstić information content (AvgIpc) is 3.17. The number of carbonyl (C=O) groups is 2. The van der Waals surface area contributed by atoms with Gasteiger partial charge in [-0.15, -0.1) is 0 Å². The molecule has 0 saturated carbocycles. The molecule has 3 aromatic rings. The van der Waals surface area contributed by atoms with Crippen LogP contribution in [-0.2, 0) is 9.59 Å². The van der Waals surface area contributed by atoms with E-state index in [9.17, 15) is 19.8 Å². The molecule has 1 amide bonds. The molecule has 0 aliphatic carbocycles. The Morgan fingerprint density at radius 1 is 0.842 bits per heavy atom. The lowest BCUT2D eigenvalue weighted by molar-refractivity contribution is -0.132. The highest BCUT2D eigenvalue weighted by Crippen LogP contribution is 2.49. The van der Waals surface area contributed by atoms with Crippen molar-refractivity contribution in [3.05, 3.63) is 75.3 Å². The van der Waals surface area contributed by atoms with E-state index in [1.54, 1.807) is 24.3 Å². The Labute approximate surface area is 228 Å². The van der Waals surface area contributed by atoms with Gasteiger partial charge in [-0.2, -0.15) is 0 Å². The van der Waals surface area contributed by atoms with Gasteiger partial charge in [0.15, 0.2) is 17.2 Å². The topological polar surface area (TPSA) is 115 Å². The second-order valence-corrected chi connectivity index (χ2v) is 8.90. The lowest BCUT2D eigenvalue weighted by Crippen LogP contribution is -2.29. The second-order valence-electron chi connectivity index (χ2n) is 8.09. The number of amides is 1. The highest BCUT2D eigenvalue weighted by Gasteiger charge is 2.48. The Kier molecular flexibility index (Phi) is 7.61. The first-order valence-corrected chi connectivity index (χ1v) is 11.9. The van der Waals surface area contributed by atoms with E-state index in [4.69, 9.17) is 42.1 Å². The lowest BCUT2D eigenvalue weighted by Gasteiger charge is -2.27. The molecule has 1 fully saturated rings. The summed E-state index contributed by atoms with van der Waals surface area (Å²) in [4.78, 5) is 28.0. The number of anilines is 1. The van der Waals surface area contributed by atoms with Crippen molar-refractivity contribution in [3.63, 3.8) is 0 Å². The number of nitrogens with zero attached hydrogens (tertiary/aromatic N) is 1. The van der Waals surface area contributed by atoms with Crippen molar-refractivity contribution in [3.8, 4) is 28.7 Å². The van der Waals surface area contributed by atoms with Crippen LogP contribution in [0.3, 0.4) is 0 Å². The number of phenols is 1. The number of hydrogen-bond donors (Lipinski definition) is 2. The first-order valence-electron chi connectivity index (χ1n) is 11.1. The molecule has 1 heterocycles. The number of phenolic OH excluding ortho intramolecular Hbond substituents is 1. The summed E-state index contributed by atoms with van der Waals surface area (Å²) < 4.78 is 21.5. The minimum absolute atomic E-state index is 0.0539. The largest absolute Gasteiger partial charge is 0.507 e. The molecule has 2 N–H and O–H groups in total. The van der Waals surface area contributed by atoms with Crippen molar-refractivity contribution in [1.82, 2.24) is 0 Å². The zero-order chi connectivity index (χ0) is 27.7. The van der Waals surface area contributed by atoms with Crippen molar-refractivity contribution in [1.29, 1.82) is 0 Å². The van der Waals surface area contributed by atoms with Gasteiger partial charge < -0.3 is 29.2 Å². The number of hydrogen-bond acceptors (Lipinski definition) is 8. The van der Waals surface area contributed by atoms with Gasteiger partial charge in [0.05, 0.1) is 55.8 Å². The van der Waals surface area contributed by atoms with Crippen LogP contribution in [0.5, 0.6) is 28.7 Å². The van der Waals surface area contributed by atoms with Crippen molar-refractivity contribution in [2.75, 3.05) is 33.3 Å². The van der Waals surface area contributed by atoms with Crippen molar-refractivity contribution in [2.45, 2.75) is 6.04 Å². The van der Waals surface area contributed by atoms with E-state index >= 15 is 0 Å². The third-order valence-corrected chi connectivity index (χ3v) is 6.63. The van der Waals surface area contributed by atoms with Crippen LogP contribution < -0.4 is 23.8 Å². The molecule has 38 heavy (non-hydrogen) atoms. The van der Waals surface area contributed by atoms with Crippen LogP contribution in [0.2, 0.25) is 10.0 Å². The quantitative estimate of drug-likeness (QED) is 0.226. The molecule has 1 atom stereocenters. The Bertz CT molecular complexity index is 1420. The van der Waals surface area contributed by atoms with Crippen LogP contribution in [0.25, 0.3) is 5.76 Å². The summed E-state index contributed by atoms with van der Waals surface area (Å²) in [7, 11) is 5.66. The van der Waals surface area contributed by atoms with Crippen LogP contribution in [0, 0.1) is 0 Å². The maximum atomic E-state index is 13.5. The fourth-order valence-corrected chi connectivity index (χ4v) is 5.01. The van der Waals surface area contributed by atoms with E-state index in [0.717, 1.165) is 4.90 Å². The Balaban J connectivity index is 2.05. The van der Waals surface area contributed by atoms with Gasteiger partial charge in [0.1, 0.15) is 11.5 Å². The summed E-state index contributed by atoms with van der Waals surface area (Å²) >= 11 is 12.6. The van der Waals surface area contributed by atoms with Gasteiger partial charge in [-0.1, -0.05) is 35.3 Å². The number of Topliss-reactive ketones (excluding diaryl/α,β-unsaturated/α-hetero) is 1. The van der Waals surface area contributed by atoms with Gasteiger partial charge in [0, 0.05) is 5.56 Å². The number of methoxy groups -OCH3 is 4. The van der Waals surface area contributed by atoms with Crippen LogP contribution in [0.15, 0.2) is 54.1 Å². The average molecular weight is 560 g/mol. The molecule has 4 rings (SSSR count). The number of carbonyl (C=O) groups excluding carboxylic acids is 2. The van der Waals surface area contributed by atoms with Gasteiger partial charge in [-0.25, -0.2) is 0 Å². The summed E-state index contributed by atoms with van der Waals surface area (Å²) in [5.74, 6) is -1.79. The summed E-state index contributed by atoms with van der Waals surface area (Å²) in [6.45, 7) is 0. The minimum Gasteiger partial charge on any atom is -0.507 e. The maximum absolute atomic E-state index is 13.5. The predicted octanol–water partition coefficient (Wildman–Crippen LogP) is 5.36. The lowest BCUT2D eigenvalue weighted by atomic mass is 9.94. The summed E-state index contributed by atoms with van der Waals surface area (Å²) in [5.41, 5.74) is 0.186. The SMILES string of the molecule is COc1cc(C2/C(=C(\O)c3cc(Cl)c(OC)c(Cl)c3)C(=O)C(=O)N2c2ccccc2O)cc(OC)c1OC. The van der Waals surface area contributed by atoms with Crippen molar-refractivity contribution < 1.29 is 38.7 Å². The Hall–Kier alpha value is -4.08. The molecule has 1 saturated heterocycles. The van der Waals surface area contributed by atoms with Crippen molar-refractivity contribution >= 4 is 46.3 Å². The van der Waals surface area contributed by atoms with E-state index in [1.165, 1.54) is 52.7 Å². The number of aliphatic hydroxyl groups is 1. The number of benzene rings is 3. The third-order valence-electron chi connectivity index (χ3n) is 6.06. The molecule has 1 aliphatic rings. The van der Waals surface area contributed by atoms with E-state index in [0.29, 0.717) is 5.56 Å².